The van der Waals surface area contributed by atoms with Gasteiger partial charge >= 0.3 is 0 Å². The second kappa shape index (κ2) is 20.6. The molecule has 88 heavy (non-hydrogen) atoms. The van der Waals surface area contributed by atoms with Crippen LogP contribution < -0.4 is 9.80 Å². The van der Waals surface area contributed by atoms with Crippen LogP contribution in [0.5, 0.6) is 0 Å². The summed E-state index contributed by atoms with van der Waals surface area (Å²) in [5, 5.41) is 2.08. The van der Waals surface area contributed by atoms with E-state index in [1.54, 1.807) is 0 Å². The first-order chi connectivity index (χ1) is 42.5. The van der Waals surface area contributed by atoms with Gasteiger partial charge in [-0.2, -0.15) is 0 Å². The molecule has 0 saturated carbocycles. The summed E-state index contributed by atoms with van der Waals surface area (Å²) < 4.78 is 7.53. The van der Waals surface area contributed by atoms with Gasteiger partial charge < -0.3 is 9.32 Å². The van der Waals surface area contributed by atoms with E-state index in [0.29, 0.717) is 0 Å². The minimum atomic E-state index is -0.797. The number of rotatable bonds is 9. The first kappa shape index (κ1) is 54.6. The zero-order chi connectivity index (χ0) is 60.4. The molecule has 2 heterocycles. The van der Waals surface area contributed by atoms with E-state index in [4.69, 9.17) is 9.40 Å². The van der Waals surface area contributed by atoms with Crippen LogP contribution in [-0.4, -0.2) is 4.98 Å². The minimum absolute atomic E-state index is 0.0366. The number of furan rings is 1. The van der Waals surface area contributed by atoms with Gasteiger partial charge in [-0.3, -0.25) is 4.90 Å². The summed E-state index contributed by atoms with van der Waals surface area (Å²) in [7, 11) is 0. The van der Waals surface area contributed by atoms with Gasteiger partial charge in [0.2, 0.25) is 0 Å². The Morgan fingerprint density at radius 1 is 0.364 bits per heavy atom. The lowest BCUT2D eigenvalue weighted by atomic mass is 9.70. The van der Waals surface area contributed by atoms with Gasteiger partial charge in [-0.1, -0.05) is 234 Å². The molecular weight excluding hydrogens is 1070 g/mol. The van der Waals surface area contributed by atoms with Crippen molar-refractivity contribution in [2.45, 2.75) is 85.5 Å². The standard InChI is InChI=1S/C84H71N3O/c1-52-23-29-56(30-24-52)59-35-46-75(69(48-59)57-31-25-53(2)26-32-57)86(62-40-36-60(37-41-62)82(5,6)7)64-44-45-67-73(49-64)84(71-20-14-11-17-65(71)66-18-12-15-21-72(66)84)74-50-76(79-68-19-13-16-22-77(68)88-80(79)78(67)74)87(63-42-38-61(39-43-63)83(8,9)10)81-70(47-55(4)51-85-81)58-33-27-54(3)28-34-58/h11-51H,1-10H3. The van der Waals surface area contributed by atoms with E-state index in [2.05, 4.69) is 322 Å². The second-order valence-corrected chi connectivity index (χ2v) is 26.7. The van der Waals surface area contributed by atoms with Crippen LogP contribution in [0.4, 0.5) is 34.3 Å². The van der Waals surface area contributed by atoms with Crippen molar-refractivity contribution >= 4 is 56.2 Å². The van der Waals surface area contributed by atoms with Crippen molar-refractivity contribution < 1.29 is 4.42 Å². The van der Waals surface area contributed by atoms with Gasteiger partial charge in [0.05, 0.1) is 22.2 Å². The third kappa shape index (κ3) is 8.82. The Balaban J connectivity index is 1.05. The summed E-state index contributed by atoms with van der Waals surface area (Å²) in [5.41, 5.74) is 29.7. The molecule has 1 spiro atoms. The van der Waals surface area contributed by atoms with E-state index < -0.39 is 5.41 Å². The third-order valence-corrected chi connectivity index (χ3v) is 18.7. The van der Waals surface area contributed by atoms with Crippen LogP contribution in [0.1, 0.15) is 97.2 Å². The van der Waals surface area contributed by atoms with Gasteiger partial charge in [0.1, 0.15) is 17.0 Å². The summed E-state index contributed by atoms with van der Waals surface area (Å²) in [4.78, 5) is 10.5. The molecule has 2 aliphatic rings. The number of para-hydroxylation sites is 1. The number of aromatic nitrogens is 1. The van der Waals surface area contributed by atoms with Crippen LogP contribution in [0.25, 0.3) is 77.6 Å². The van der Waals surface area contributed by atoms with Crippen LogP contribution in [-0.2, 0) is 16.2 Å². The van der Waals surface area contributed by atoms with Crippen LogP contribution in [0.15, 0.2) is 253 Å². The number of anilines is 6. The number of fused-ring (bicyclic) bond motifs is 14. The smallest absolute Gasteiger partial charge is 0.145 e. The quantitative estimate of drug-likeness (QED) is 0.144. The predicted octanol–water partition coefficient (Wildman–Crippen LogP) is 23.1. The molecule has 0 unspecified atom stereocenters. The maximum atomic E-state index is 7.53. The minimum Gasteiger partial charge on any atom is -0.455 e. The van der Waals surface area contributed by atoms with E-state index in [9.17, 15) is 0 Å². The highest BCUT2D eigenvalue weighted by atomic mass is 16.3. The van der Waals surface area contributed by atoms with Gasteiger partial charge in [0.15, 0.2) is 0 Å². The molecule has 0 radical (unpaired) electrons. The number of benzene rings is 11. The Hall–Kier alpha value is -10.0. The monoisotopic (exact) mass is 1140 g/mol. The van der Waals surface area contributed by atoms with Gasteiger partial charge in [0, 0.05) is 45.3 Å². The normalized spacial score (nSPS) is 13.0. The van der Waals surface area contributed by atoms with Crippen LogP contribution in [0, 0.1) is 27.7 Å². The van der Waals surface area contributed by atoms with E-state index >= 15 is 0 Å². The van der Waals surface area contributed by atoms with E-state index in [1.165, 1.54) is 72.3 Å². The molecule has 2 aromatic heterocycles. The molecule has 11 aromatic carbocycles. The second-order valence-electron chi connectivity index (χ2n) is 26.7. The highest BCUT2D eigenvalue weighted by Gasteiger charge is 2.53. The van der Waals surface area contributed by atoms with Gasteiger partial charge in [-0.05, 0) is 183 Å². The average Bonchev–Trinajstić information content (AvgIpc) is 1.50. The molecule has 4 heteroatoms. The highest BCUT2D eigenvalue weighted by molar-refractivity contribution is 6.20. The molecule has 0 amide bonds. The fourth-order valence-corrected chi connectivity index (χ4v) is 14.1. The first-order valence-electron chi connectivity index (χ1n) is 31.0. The van der Waals surface area contributed by atoms with Crippen LogP contribution in [0.3, 0.4) is 0 Å². The van der Waals surface area contributed by atoms with Gasteiger partial charge in [0.25, 0.3) is 0 Å². The molecule has 0 bridgehead atoms. The maximum absolute atomic E-state index is 7.53. The number of hydrogen-bond donors (Lipinski definition) is 0. The largest absolute Gasteiger partial charge is 0.455 e. The van der Waals surface area contributed by atoms with Crippen molar-refractivity contribution in [1.82, 2.24) is 4.98 Å². The molecule has 13 aromatic rings. The van der Waals surface area contributed by atoms with Gasteiger partial charge in [-0.15, -0.1) is 0 Å². The van der Waals surface area contributed by atoms with Crippen molar-refractivity contribution in [2.24, 2.45) is 0 Å². The molecule has 0 N–H and O–H groups in total. The topological polar surface area (TPSA) is 32.5 Å². The molecule has 428 valence electrons. The zero-order valence-corrected chi connectivity index (χ0v) is 51.9. The molecule has 0 atom stereocenters. The van der Waals surface area contributed by atoms with Crippen molar-refractivity contribution in [2.75, 3.05) is 9.80 Å². The van der Waals surface area contributed by atoms with Gasteiger partial charge in [-0.25, -0.2) is 4.98 Å². The Morgan fingerprint density at radius 2 is 0.875 bits per heavy atom. The Bertz CT molecular complexity index is 4830. The third-order valence-electron chi connectivity index (χ3n) is 18.7. The van der Waals surface area contributed by atoms with Crippen molar-refractivity contribution in [3.63, 3.8) is 0 Å². The predicted molar refractivity (Wildman–Crippen MR) is 370 cm³/mol. The van der Waals surface area contributed by atoms with E-state index in [1.807, 2.05) is 6.20 Å². The SMILES string of the molecule is Cc1ccc(-c2ccc(N(c3ccc(C(C)(C)C)cc3)c3ccc4c(c3)C3(c5ccccc5-c5ccccc53)c3cc(N(c5ccc(C(C)(C)C)cc5)c5ncc(C)cc5-c5ccc(C)cc5)c5c(oc6ccccc65)c3-4)c(-c3ccc(C)cc3)c2)cc1. The summed E-state index contributed by atoms with van der Waals surface area (Å²) in [6.07, 6.45) is 2.02. The van der Waals surface area contributed by atoms with Crippen molar-refractivity contribution in [3.8, 4) is 55.6 Å². The number of pyridine rings is 1. The lowest BCUT2D eigenvalue weighted by molar-refractivity contribution is 0.590. The molecule has 4 nitrogen and oxygen atoms in total. The van der Waals surface area contributed by atoms with E-state index in [0.717, 1.165) is 95.1 Å². The molecule has 0 aliphatic heterocycles. The molecule has 0 fully saturated rings. The molecular formula is C84H71N3O. The summed E-state index contributed by atoms with van der Waals surface area (Å²) >= 11 is 0. The highest BCUT2D eigenvalue weighted by Crippen LogP contribution is 2.66. The lowest BCUT2D eigenvalue weighted by Crippen LogP contribution is -2.26. The lowest BCUT2D eigenvalue weighted by Gasteiger charge is -2.34. The fourth-order valence-electron chi connectivity index (χ4n) is 14.1. The van der Waals surface area contributed by atoms with E-state index in [-0.39, 0.29) is 10.8 Å². The van der Waals surface area contributed by atoms with Crippen molar-refractivity contribution in [1.29, 1.82) is 0 Å². The summed E-state index contributed by atoms with van der Waals surface area (Å²) in [5.74, 6) is 0.842. The van der Waals surface area contributed by atoms with Crippen LogP contribution in [0.2, 0.25) is 0 Å². The maximum Gasteiger partial charge on any atom is 0.145 e. The number of hydrogen-bond acceptors (Lipinski definition) is 4. The first-order valence-corrected chi connectivity index (χ1v) is 31.0. The molecule has 0 saturated heterocycles. The summed E-state index contributed by atoms with van der Waals surface area (Å²) in [6.45, 7) is 22.3. The molecule has 2 aliphatic carbocycles. The Kier molecular flexibility index (Phi) is 12.8. The number of nitrogens with zero attached hydrogens (tertiary/aromatic N) is 3. The van der Waals surface area contributed by atoms with Crippen LogP contribution >= 0.6 is 0 Å². The van der Waals surface area contributed by atoms with Crippen molar-refractivity contribution in [3.05, 3.63) is 304 Å². The Labute approximate surface area is 518 Å². The number of aryl methyl sites for hydroxylation is 4. The Morgan fingerprint density at radius 3 is 1.47 bits per heavy atom. The zero-order valence-electron chi connectivity index (χ0n) is 51.9. The fraction of sp³-hybridized carbons (Fsp3) is 0.155. The molecule has 15 rings (SSSR count). The average molecular weight is 1140 g/mol. The summed E-state index contributed by atoms with van der Waals surface area (Å²) in [6, 6.07) is 91.3.